The van der Waals surface area contributed by atoms with Crippen molar-refractivity contribution in [3.63, 3.8) is 0 Å². The summed E-state index contributed by atoms with van der Waals surface area (Å²) in [5, 5.41) is 12.8. The molecule has 1 aromatic heterocycles. The van der Waals surface area contributed by atoms with Crippen molar-refractivity contribution in [3.05, 3.63) is 86.8 Å². The number of anilines is 1. The van der Waals surface area contributed by atoms with Crippen molar-refractivity contribution < 1.29 is 23.9 Å². The normalized spacial score (nSPS) is 12.7. The van der Waals surface area contributed by atoms with E-state index in [0.29, 0.717) is 27.4 Å². The summed E-state index contributed by atoms with van der Waals surface area (Å²) in [5.74, 6) is -1.21. The summed E-state index contributed by atoms with van der Waals surface area (Å²) in [6, 6.07) is 15.5. The molecule has 2 aromatic carbocycles. The summed E-state index contributed by atoms with van der Waals surface area (Å²) in [7, 11) is 0. The van der Waals surface area contributed by atoms with Gasteiger partial charge < -0.3 is 14.8 Å². The van der Waals surface area contributed by atoms with Crippen molar-refractivity contribution in [1.29, 1.82) is 5.26 Å². The Kier molecular flexibility index (Phi) is 8.16. The monoisotopic (exact) mass is 514 g/mol. The lowest BCUT2D eigenvalue weighted by Crippen LogP contribution is -2.16. The van der Waals surface area contributed by atoms with Gasteiger partial charge in [0.2, 0.25) is 0 Å². The van der Waals surface area contributed by atoms with Gasteiger partial charge in [0.15, 0.2) is 0 Å². The standard InChI is InChI=1S/C29H26N2O5S/c1-3-35-29(34)25-23-6-4-5-7-24(23)37-27(25)31-26(32)21(17-30)16-19-10-14-22(15-11-19)36-28(33)20-12-8-18(2)9-13-20/h8-16H,3-7H2,1-2H3,(H,31,32). The Morgan fingerprint density at radius 3 is 2.41 bits per heavy atom. The maximum absolute atomic E-state index is 13.0. The summed E-state index contributed by atoms with van der Waals surface area (Å²) >= 11 is 1.37. The van der Waals surface area contributed by atoms with Crippen LogP contribution in [0.2, 0.25) is 0 Å². The van der Waals surface area contributed by atoms with E-state index in [1.807, 2.05) is 25.1 Å². The van der Waals surface area contributed by atoms with E-state index in [-0.39, 0.29) is 12.2 Å². The summed E-state index contributed by atoms with van der Waals surface area (Å²) in [5.41, 5.74) is 3.27. The molecule has 4 rings (SSSR count). The highest BCUT2D eigenvalue weighted by Gasteiger charge is 2.27. The minimum absolute atomic E-state index is 0.120. The van der Waals surface area contributed by atoms with Crippen LogP contribution in [0.5, 0.6) is 5.75 Å². The van der Waals surface area contributed by atoms with E-state index in [4.69, 9.17) is 9.47 Å². The first-order valence-electron chi connectivity index (χ1n) is 12.0. The first-order chi connectivity index (χ1) is 17.9. The van der Waals surface area contributed by atoms with Gasteiger partial charge in [-0.2, -0.15) is 5.26 Å². The Hall–Kier alpha value is -4.22. The van der Waals surface area contributed by atoms with Crippen LogP contribution in [0.4, 0.5) is 5.00 Å². The minimum Gasteiger partial charge on any atom is -0.462 e. The average molecular weight is 515 g/mol. The van der Waals surface area contributed by atoms with Gasteiger partial charge in [0.1, 0.15) is 22.4 Å². The van der Waals surface area contributed by atoms with Gasteiger partial charge in [-0.15, -0.1) is 11.3 Å². The molecule has 3 aromatic rings. The lowest BCUT2D eigenvalue weighted by molar-refractivity contribution is -0.112. The molecule has 0 bridgehead atoms. The highest BCUT2D eigenvalue weighted by Crippen LogP contribution is 2.38. The second kappa shape index (κ2) is 11.7. The number of fused-ring (bicyclic) bond motifs is 1. The molecular weight excluding hydrogens is 488 g/mol. The number of nitrogens with one attached hydrogen (secondary N) is 1. The Bertz CT molecular complexity index is 1400. The van der Waals surface area contributed by atoms with Crippen LogP contribution in [0, 0.1) is 18.3 Å². The molecule has 0 fully saturated rings. The number of aryl methyl sites for hydroxylation is 2. The van der Waals surface area contributed by atoms with Crippen LogP contribution < -0.4 is 10.1 Å². The number of carbonyl (C=O) groups is 3. The number of nitrogens with zero attached hydrogens (tertiary/aromatic N) is 1. The Morgan fingerprint density at radius 2 is 1.73 bits per heavy atom. The molecule has 0 radical (unpaired) electrons. The van der Waals surface area contributed by atoms with Crippen LogP contribution in [0.1, 0.15) is 62.0 Å². The highest BCUT2D eigenvalue weighted by atomic mass is 32.1. The van der Waals surface area contributed by atoms with E-state index < -0.39 is 17.8 Å². The fourth-order valence-electron chi connectivity index (χ4n) is 4.05. The summed E-state index contributed by atoms with van der Waals surface area (Å²) in [6.07, 6.45) is 5.06. The van der Waals surface area contributed by atoms with E-state index in [2.05, 4.69) is 5.32 Å². The summed E-state index contributed by atoms with van der Waals surface area (Å²) in [4.78, 5) is 39.0. The second-order valence-corrected chi connectivity index (χ2v) is 9.69. The van der Waals surface area contributed by atoms with E-state index >= 15 is 0 Å². The fraction of sp³-hybridized carbons (Fsp3) is 0.241. The van der Waals surface area contributed by atoms with Crippen LogP contribution in [-0.2, 0) is 22.4 Å². The summed E-state index contributed by atoms with van der Waals surface area (Å²) in [6.45, 7) is 3.90. The van der Waals surface area contributed by atoms with Crippen molar-refractivity contribution in [3.8, 4) is 11.8 Å². The fourth-order valence-corrected chi connectivity index (χ4v) is 5.32. The number of ether oxygens (including phenoxy) is 2. The molecule has 0 saturated heterocycles. The molecule has 1 N–H and O–H groups in total. The SMILES string of the molecule is CCOC(=O)c1c(NC(=O)C(C#N)=Cc2ccc(OC(=O)c3ccc(C)cc3)cc2)sc2c1CCCC2. The maximum atomic E-state index is 13.0. The molecule has 0 spiro atoms. The molecule has 1 aliphatic rings. The van der Waals surface area contributed by atoms with Crippen LogP contribution in [0.15, 0.2) is 54.1 Å². The number of hydrogen-bond donors (Lipinski definition) is 1. The Morgan fingerprint density at radius 1 is 1.03 bits per heavy atom. The van der Waals surface area contributed by atoms with Crippen molar-refractivity contribution in [2.24, 2.45) is 0 Å². The van der Waals surface area contributed by atoms with E-state index in [1.54, 1.807) is 43.3 Å². The van der Waals surface area contributed by atoms with Gasteiger partial charge in [-0.05, 0) is 81.0 Å². The molecule has 1 heterocycles. The van der Waals surface area contributed by atoms with Crippen molar-refractivity contribution in [1.82, 2.24) is 0 Å². The predicted molar refractivity (Wildman–Crippen MR) is 142 cm³/mol. The molecule has 8 heteroatoms. The Labute approximate surface area is 219 Å². The highest BCUT2D eigenvalue weighted by molar-refractivity contribution is 7.17. The van der Waals surface area contributed by atoms with Crippen LogP contribution in [-0.4, -0.2) is 24.5 Å². The van der Waals surface area contributed by atoms with Gasteiger partial charge >= 0.3 is 11.9 Å². The molecule has 0 saturated carbocycles. The number of carbonyl (C=O) groups excluding carboxylic acids is 3. The smallest absolute Gasteiger partial charge is 0.343 e. The number of hydrogen-bond acceptors (Lipinski definition) is 7. The first kappa shape index (κ1) is 25.9. The third-order valence-corrected chi connectivity index (χ3v) is 7.14. The number of nitriles is 1. The van der Waals surface area contributed by atoms with Crippen LogP contribution in [0.25, 0.3) is 6.08 Å². The third-order valence-electron chi connectivity index (χ3n) is 5.93. The van der Waals surface area contributed by atoms with E-state index in [1.165, 1.54) is 17.4 Å². The number of amides is 1. The van der Waals surface area contributed by atoms with E-state index in [9.17, 15) is 19.6 Å². The maximum Gasteiger partial charge on any atom is 0.343 e. The molecule has 0 atom stereocenters. The molecule has 1 amide bonds. The van der Waals surface area contributed by atoms with Gasteiger partial charge in [0, 0.05) is 4.88 Å². The molecule has 1 aliphatic carbocycles. The molecule has 0 unspecified atom stereocenters. The molecule has 37 heavy (non-hydrogen) atoms. The number of thiophene rings is 1. The average Bonchev–Trinajstić information content (AvgIpc) is 3.26. The largest absolute Gasteiger partial charge is 0.462 e. The lowest BCUT2D eigenvalue weighted by Gasteiger charge is -2.12. The van der Waals surface area contributed by atoms with Crippen molar-refractivity contribution in [2.75, 3.05) is 11.9 Å². The minimum atomic E-state index is -0.610. The van der Waals surface area contributed by atoms with Crippen molar-refractivity contribution in [2.45, 2.75) is 39.5 Å². The molecule has 7 nitrogen and oxygen atoms in total. The van der Waals surface area contributed by atoms with Gasteiger partial charge in [0.05, 0.1) is 17.7 Å². The molecule has 188 valence electrons. The quantitative estimate of drug-likeness (QED) is 0.183. The molecule has 0 aliphatic heterocycles. The van der Waals surface area contributed by atoms with Gasteiger partial charge in [-0.25, -0.2) is 9.59 Å². The van der Waals surface area contributed by atoms with Crippen molar-refractivity contribution >= 4 is 40.3 Å². The number of esters is 2. The number of benzene rings is 2. The Balaban J connectivity index is 1.49. The zero-order valence-electron chi connectivity index (χ0n) is 20.6. The van der Waals surface area contributed by atoms with Crippen LogP contribution >= 0.6 is 11.3 Å². The number of rotatable bonds is 7. The van der Waals surface area contributed by atoms with Crippen LogP contribution in [0.3, 0.4) is 0 Å². The summed E-state index contributed by atoms with van der Waals surface area (Å²) < 4.78 is 10.6. The topological polar surface area (TPSA) is 105 Å². The van der Waals surface area contributed by atoms with E-state index in [0.717, 1.165) is 41.7 Å². The predicted octanol–water partition coefficient (Wildman–Crippen LogP) is 5.88. The lowest BCUT2D eigenvalue weighted by atomic mass is 9.95. The molecular formula is C29H26N2O5S. The van der Waals surface area contributed by atoms with Gasteiger partial charge in [-0.3, -0.25) is 4.79 Å². The van der Waals surface area contributed by atoms with Gasteiger partial charge in [0.25, 0.3) is 5.91 Å². The zero-order valence-corrected chi connectivity index (χ0v) is 21.4. The zero-order chi connectivity index (χ0) is 26.4. The third kappa shape index (κ3) is 6.13. The second-order valence-electron chi connectivity index (χ2n) is 8.58. The first-order valence-corrected chi connectivity index (χ1v) is 12.8. The van der Waals surface area contributed by atoms with Gasteiger partial charge in [-0.1, -0.05) is 29.8 Å².